The molecular formula is C18H22N4O3. The fraction of sp³-hybridized carbons (Fsp3) is 0.389. The summed E-state index contributed by atoms with van der Waals surface area (Å²) < 4.78 is 6.64. The van der Waals surface area contributed by atoms with Gasteiger partial charge in [0.25, 0.3) is 5.56 Å². The number of nitrogens with zero attached hydrogens (tertiary/aromatic N) is 4. The van der Waals surface area contributed by atoms with Gasteiger partial charge in [0.2, 0.25) is 5.91 Å². The number of benzene rings is 1. The van der Waals surface area contributed by atoms with Crippen LogP contribution in [-0.2, 0) is 4.79 Å². The molecule has 25 heavy (non-hydrogen) atoms. The number of piperazine rings is 1. The van der Waals surface area contributed by atoms with E-state index >= 15 is 0 Å². The molecule has 7 heteroatoms. The van der Waals surface area contributed by atoms with E-state index in [1.165, 1.54) is 16.9 Å². The minimum Gasteiger partial charge on any atom is -0.495 e. The highest BCUT2D eigenvalue weighted by molar-refractivity contribution is 5.80. The number of anilines is 1. The van der Waals surface area contributed by atoms with Crippen LogP contribution >= 0.6 is 0 Å². The lowest BCUT2D eigenvalue weighted by molar-refractivity contribution is -0.135. The molecule has 1 aliphatic rings. The second kappa shape index (κ2) is 7.38. The van der Waals surface area contributed by atoms with Crippen LogP contribution in [0.3, 0.4) is 0 Å². The van der Waals surface area contributed by atoms with Crippen molar-refractivity contribution in [2.24, 2.45) is 0 Å². The number of para-hydroxylation sites is 2. The monoisotopic (exact) mass is 342 g/mol. The Hall–Kier alpha value is -2.83. The van der Waals surface area contributed by atoms with Gasteiger partial charge < -0.3 is 14.5 Å². The lowest BCUT2D eigenvalue weighted by Crippen LogP contribution is -2.51. The first-order valence-electron chi connectivity index (χ1n) is 8.32. The predicted octanol–water partition coefficient (Wildman–Crippen LogP) is 1.16. The molecule has 0 saturated carbocycles. The lowest BCUT2D eigenvalue weighted by Gasteiger charge is -2.37. The van der Waals surface area contributed by atoms with Gasteiger partial charge in [0.05, 0.1) is 12.8 Å². The van der Waals surface area contributed by atoms with Crippen molar-refractivity contribution in [3.05, 3.63) is 52.9 Å². The average molecular weight is 342 g/mol. The smallest absolute Gasteiger partial charge is 0.267 e. The fourth-order valence-electron chi connectivity index (χ4n) is 3.09. The summed E-state index contributed by atoms with van der Waals surface area (Å²) in [5.41, 5.74) is 0.766. The van der Waals surface area contributed by atoms with E-state index in [0.717, 1.165) is 24.5 Å². The van der Waals surface area contributed by atoms with E-state index in [0.29, 0.717) is 13.1 Å². The Balaban J connectivity index is 1.67. The van der Waals surface area contributed by atoms with Gasteiger partial charge >= 0.3 is 0 Å². The summed E-state index contributed by atoms with van der Waals surface area (Å²) in [6.07, 6.45) is 1.52. The van der Waals surface area contributed by atoms with Crippen LogP contribution in [-0.4, -0.2) is 53.9 Å². The maximum Gasteiger partial charge on any atom is 0.267 e. The molecule has 0 aliphatic carbocycles. The van der Waals surface area contributed by atoms with E-state index in [2.05, 4.69) is 10.00 Å². The van der Waals surface area contributed by atoms with Gasteiger partial charge in [0.15, 0.2) is 0 Å². The van der Waals surface area contributed by atoms with Crippen LogP contribution < -0.4 is 15.2 Å². The summed E-state index contributed by atoms with van der Waals surface area (Å²) in [6, 6.07) is 10.2. The molecule has 3 rings (SSSR count). The summed E-state index contributed by atoms with van der Waals surface area (Å²) >= 11 is 0. The molecule has 1 aromatic heterocycles. The summed E-state index contributed by atoms with van der Waals surface area (Å²) in [5, 5.41) is 4.01. The molecule has 1 saturated heterocycles. The Morgan fingerprint density at radius 1 is 1.12 bits per heavy atom. The molecule has 1 atom stereocenters. The molecule has 7 nitrogen and oxygen atoms in total. The van der Waals surface area contributed by atoms with Gasteiger partial charge in [-0.3, -0.25) is 9.59 Å². The van der Waals surface area contributed by atoms with Crippen LogP contribution in [0.4, 0.5) is 5.69 Å². The molecule has 132 valence electrons. The number of carbonyl (C=O) groups is 1. The van der Waals surface area contributed by atoms with Crippen LogP contribution in [0.25, 0.3) is 0 Å². The van der Waals surface area contributed by atoms with Crippen molar-refractivity contribution in [1.29, 1.82) is 0 Å². The van der Waals surface area contributed by atoms with Crippen molar-refractivity contribution < 1.29 is 9.53 Å². The van der Waals surface area contributed by atoms with Crippen molar-refractivity contribution in [1.82, 2.24) is 14.7 Å². The predicted molar refractivity (Wildman–Crippen MR) is 95.0 cm³/mol. The van der Waals surface area contributed by atoms with E-state index in [1.807, 2.05) is 24.3 Å². The molecular weight excluding hydrogens is 320 g/mol. The largest absolute Gasteiger partial charge is 0.495 e. The molecule has 1 fully saturated rings. The SMILES string of the molecule is COc1ccccc1N1CCN(C(=O)C(C)n2ncccc2=O)CC1. The van der Waals surface area contributed by atoms with Gasteiger partial charge in [0, 0.05) is 38.4 Å². The number of rotatable bonds is 4. The summed E-state index contributed by atoms with van der Waals surface area (Å²) in [6.45, 7) is 4.35. The van der Waals surface area contributed by atoms with Crippen molar-refractivity contribution in [3.8, 4) is 5.75 Å². The molecule has 1 amide bonds. The first-order chi connectivity index (χ1) is 12.1. The number of hydrogen-bond acceptors (Lipinski definition) is 5. The molecule has 2 aromatic rings. The first kappa shape index (κ1) is 17.0. The maximum absolute atomic E-state index is 12.7. The number of methoxy groups -OCH3 is 1. The zero-order valence-corrected chi connectivity index (χ0v) is 14.5. The Bertz CT molecular complexity index is 797. The highest BCUT2D eigenvalue weighted by atomic mass is 16.5. The van der Waals surface area contributed by atoms with E-state index in [1.54, 1.807) is 25.0 Å². The Labute approximate surface area is 146 Å². The normalized spacial score (nSPS) is 15.8. The molecule has 0 bridgehead atoms. The topological polar surface area (TPSA) is 67.7 Å². The maximum atomic E-state index is 12.7. The van der Waals surface area contributed by atoms with Crippen molar-refractivity contribution in [2.45, 2.75) is 13.0 Å². The Morgan fingerprint density at radius 2 is 1.84 bits per heavy atom. The number of carbonyl (C=O) groups excluding carboxylic acids is 1. The second-order valence-corrected chi connectivity index (χ2v) is 5.97. The summed E-state index contributed by atoms with van der Waals surface area (Å²) in [7, 11) is 1.66. The summed E-state index contributed by atoms with van der Waals surface area (Å²) in [4.78, 5) is 28.6. The van der Waals surface area contributed by atoms with E-state index in [4.69, 9.17) is 4.74 Å². The van der Waals surface area contributed by atoms with Crippen LogP contribution in [0.2, 0.25) is 0 Å². The highest BCUT2D eigenvalue weighted by Crippen LogP contribution is 2.28. The zero-order chi connectivity index (χ0) is 17.8. The van der Waals surface area contributed by atoms with Gasteiger partial charge in [-0.05, 0) is 25.1 Å². The standard InChI is InChI=1S/C18H22N4O3/c1-14(22-17(23)8-5-9-19-22)18(24)21-12-10-20(11-13-21)15-6-3-4-7-16(15)25-2/h3-9,14H,10-13H2,1-2H3. The van der Waals surface area contributed by atoms with Crippen molar-refractivity contribution in [3.63, 3.8) is 0 Å². The number of aromatic nitrogens is 2. The quantitative estimate of drug-likeness (QED) is 0.834. The number of amides is 1. The molecule has 1 unspecified atom stereocenters. The number of ether oxygens (including phenoxy) is 1. The van der Waals surface area contributed by atoms with Gasteiger partial charge in [-0.2, -0.15) is 5.10 Å². The second-order valence-electron chi connectivity index (χ2n) is 5.97. The first-order valence-corrected chi connectivity index (χ1v) is 8.32. The molecule has 2 heterocycles. The Morgan fingerprint density at radius 3 is 2.52 bits per heavy atom. The van der Waals surface area contributed by atoms with Crippen molar-refractivity contribution >= 4 is 11.6 Å². The fourth-order valence-corrected chi connectivity index (χ4v) is 3.09. The Kier molecular flexibility index (Phi) is 5.02. The van der Waals surface area contributed by atoms with Crippen LogP contribution in [0.5, 0.6) is 5.75 Å². The highest BCUT2D eigenvalue weighted by Gasteiger charge is 2.27. The molecule has 0 spiro atoms. The zero-order valence-electron chi connectivity index (χ0n) is 14.5. The molecule has 1 aliphatic heterocycles. The van der Waals surface area contributed by atoms with Crippen LogP contribution in [0.15, 0.2) is 47.4 Å². The molecule has 0 radical (unpaired) electrons. The van der Waals surface area contributed by atoms with E-state index in [9.17, 15) is 9.59 Å². The minimum atomic E-state index is -0.605. The van der Waals surface area contributed by atoms with Gasteiger partial charge in [-0.1, -0.05) is 12.1 Å². The molecule has 0 N–H and O–H groups in total. The van der Waals surface area contributed by atoms with E-state index in [-0.39, 0.29) is 11.5 Å². The lowest BCUT2D eigenvalue weighted by atomic mass is 10.2. The summed E-state index contributed by atoms with van der Waals surface area (Å²) in [5.74, 6) is 0.746. The van der Waals surface area contributed by atoms with Crippen LogP contribution in [0.1, 0.15) is 13.0 Å². The van der Waals surface area contributed by atoms with Gasteiger partial charge in [-0.25, -0.2) is 4.68 Å². The van der Waals surface area contributed by atoms with E-state index < -0.39 is 6.04 Å². The average Bonchev–Trinajstić information content (AvgIpc) is 2.67. The third-order valence-electron chi connectivity index (χ3n) is 4.48. The van der Waals surface area contributed by atoms with Gasteiger partial charge in [0.1, 0.15) is 11.8 Å². The van der Waals surface area contributed by atoms with Crippen molar-refractivity contribution in [2.75, 3.05) is 38.2 Å². The minimum absolute atomic E-state index is 0.0829. The molecule has 1 aromatic carbocycles. The third kappa shape index (κ3) is 3.50. The third-order valence-corrected chi connectivity index (χ3v) is 4.48. The van der Waals surface area contributed by atoms with Crippen LogP contribution in [0, 0.1) is 0 Å². The number of hydrogen-bond donors (Lipinski definition) is 0. The van der Waals surface area contributed by atoms with Gasteiger partial charge in [-0.15, -0.1) is 0 Å².